The number of nitrogens with zero attached hydrogens (tertiary/aromatic N) is 2. The molecular weight excluding hydrogens is 789 g/mol. The summed E-state index contributed by atoms with van der Waals surface area (Å²) in [6.45, 7) is 1.34. The predicted octanol–water partition coefficient (Wildman–Crippen LogP) is -2.44. The molecule has 0 aromatic heterocycles. The molecule has 0 heterocycles. The normalized spacial score (nSPS) is 16.2. The summed E-state index contributed by atoms with van der Waals surface area (Å²) in [4.78, 5) is 48.9. The van der Waals surface area contributed by atoms with Crippen LogP contribution in [0.25, 0.3) is 6.08 Å². The number of rotatable bonds is 9. The quantitative estimate of drug-likeness (QED) is 0.0857. The van der Waals surface area contributed by atoms with Crippen LogP contribution in [0.2, 0.25) is 0 Å². The molecule has 3 amide bonds. The number of nitrogens with one attached hydrogen (secondary N) is 5. The Labute approximate surface area is 363 Å². The first kappa shape index (κ1) is 43.9. The minimum atomic E-state index is -5.18. The van der Waals surface area contributed by atoms with Gasteiger partial charge in [0.2, 0.25) is 11.7 Å². The van der Waals surface area contributed by atoms with E-state index in [9.17, 15) is 45.1 Å². The number of ketones is 2. The predicted molar refractivity (Wildman–Crippen MR) is 197 cm³/mol. The molecule has 3 aromatic carbocycles. The van der Waals surface area contributed by atoms with Gasteiger partial charge in [-0.25, -0.2) is 21.6 Å². The van der Waals surface area contributed by atoms with E-state index in [1.54, 1.807) is 42.5 Å². The maximum atomic E-state index is 13.2. The summed E-state index contributed by atoms with van der Waals surface area (Å²) >= 11 is 0. The molecule has 56 heavy (non-hydrogen) atoms. The van der Waals surface area contributed by atoms with Gasteiger partial charge in [-0.05, 0) is 90.0 Å². The van der Waals surface area contributed by atoms with Crippen molar-refractivity contribution in [3.63, 3.8) is 0 Å². The van der Waals surface area contributed by atoms with Gasteiger partial charge in [0.15, 0.2) is 5.78 Å². The second-order valence-electron chi connectivity index (χ2n) is 11.6. The molecule has 0 unspecified atom stereocenters. The van der Waals surface area contributed by atoms with E-state index in [0.29, 0.717) is 17.1 Å². The van der Waals surface area contributed by atoms with Crippen molar-refractivity contribution in [3.05, 3.63) is 135 Å². The summed E-state index contributed by atoms with van der Waals surface area (Å²) in [6.07, 6.45) is 5.32. The average Bonchev–Trinajstić information content (AvgIpc) is 3.10. The molecule has 0 bridgehead atoms. The Hall–Kier alpha value is -4.80. The van der Waals surface area contributed by atoms with Crippen LogP contribution < -0.4 is 85.9 Å². The molecule has 3 aliphatic carbocycles. The molecule has 17 nitrogen and oxygen atoms in total. The van der Waals surface area contributed by atoms with Gasteiger partial charge in [-0.15, -0.1) is 0 Å². The first-order valence-electron chi connectivity index (χ1n) is 15.5. The Morgan fingerprint density at radius 2 is 1.25 bits per heavy atom. The smallest absolute Gasteiger partial charge is 0.744 e. The van der Waals surface area contributed by atoms with Crippen LogP contribution in [0.4, 0.5) is 27.5 Å². The van der Waals surface area contributed by atoms with Crippen molar-refractivity contribution in [1.29, 1.82) is 0 Å². The summed E-state index contributed by atoms with van der Waals surface area (Å²) in [5, 5.41) is 15.4. The number of benzene rings is 3. The Bertz CT molecular complexity index is 2600. The van der Waals surface area contributed by atoms with Crippen molar-refractivity contribution in [1.82, 2.24) is 5.32 Å². The molecule has 0 radical (unpaired) electrons. The maximum Gasteiger partial charge on any atom is 1.00 e. The molecule has 0 saturated heterocycles. The van der Waals surface area contributed by atoms with Gasteiger partial charge in [0.25, 0.3) is 0 Å². The molecule has 0 fully saturated rings. The largest absolute Gasteiger partial charge is 1.00 e. The second kappa shape index (κ2) is 18.0. The fraction of sp³-hybridized carbons (Fsp3) is 0.0286. The molecule has 0 saturated carbocycles. The summed E-state index contributed by atoms with van der Waals surface area (Å²) in [7, 11) is -10.3. The first-order valence-corrected chi connectivity index (χ1v) is 18.3. The molecule has 3 aromatic rings. The second-order valence-corrected chi connectivity index (χ2v) is 14.3. The number of allylic oxidation sites excluding steroid dienone is 8. The summed E-state index contributed by atoms with van der Waals surface area (Å²) < 4.78 is 72.9. The van der Waals surface area contributed by atoms with Crippen LogP contribution in [0.1, 0.15) is 22.8 Å². The Morgan fingerprint density at radius 3 is 1.89 bits per heavy atom. The van der Waals surface area contributed by atoms with Crippen molar-refractivity contribution >= 4 is 84.0 Å². The van der Waals surface area contributed by atoms with Gasteiger partial charge < -0.3 is 25.1 Å². The number of carbonyl (C=O) groups excluding carboxylic acids is 4. The number of amides is 3. The minimum absolute atomic E-state index is 0. The molecule has 21 heteroatoms. The third-order valence-electron chi connectivity index (χ3n) is 7.66. The van der Waals surface area contributed by atoms with E-state index in [2.05, 4.69) is 37.0 Å². The SMILES string of the molecule is CC(=O)Nc1ccc(NN=C2C=C3C(=O)C=C(NC(=O)Nc4ccc5c(c4)C=C(S(=O)(=O)[O-])C(=NNc4ccccc4)C5=O)C=C3C=C2S(=O)(=O)[O-])cc1.[Na+].[Na+]. The Morgan fingerprint density at radius 1 is 0.643 bits per heavy atom. The molecule has 6 rings (SSSR count). The molecule has 5 N–H and O–H groups in total. The van der Waals surface area contributed by atoms with Crippen LogP contribution in [0, 0.1) is 0 Å². The third kappa shape index (κ3) is 10.5. The zero-order chi connectivity index (χ0) is 38.8. The number of carbonyl (C=O) groups is 4. The van der Waals surface area contributed by atoms with Crippen LogP contribution in [0.15, 0.2) is 134 Å². The standard InChI is InChI=1S/C35H27N7O10S2.2Na/c1-19(43)36-22-7-9-24(10-8-22)39-41-29-18-28-21(15-31(29)53(47,48)49)14-26(17-30(28)44)38-35(46)37-25-11-12-27-20(13-25)16-32(54(50,51)52)33(34(27)45)42-40-23-5-3-2-4-6-23;;/h2-18,39-40H,1H3,(H,36,43)(H2,37,38,46)(H,47,48,49)(H,50,51,52);;/q;2*+1/p-2. The number of hydrazone groups is 2. The van der Waals surface area contributed by atoms with E-state index < -0.39 is 53.4 Å². The van der Waals surface area contributed by atoms with Crippen molar-refractivity contribution in [2.45, 2.75) is 6.92 Å². The molecule has 0 atom stereocenters. The van der Waals surface area contributed by atoms with Gasteiger partial charge in [-0.3, -0.25) is 25.2 Å². The van der Waals surface area contributed by atoms with Crippen LogP contribution in [0.3, 0.4) is 0 Å². The van der Waals surface area contributed by atoms with Crippen molar-refractivity contribution in [2.24, 2.45) is 10.2 Å². The van der Waals surface area contributed by atoms with Gasteiger partial charge in [-0.1, -0.05) is 18.2 Å². The fourth-order valence-corrected chi connectivity index (χ4v) is 6.58. The number of anilines is 4. The third-order valence-corrected chi connectivity index (χ3v) is 9.38. The first-order chi connectivity index (χ1) is 25.5. The van der Waals surface area contributed by atoms with Gasteiger partial charge in [-0.2, -0.15) is 10.2 Å². The van der Waals surface area contributed by atoms with E-state index in [1.807, 2.05) is 0 Å². The number of urea groups is 1. The molecule has 274 valence electrons. The van der Waals surface area contributed by atoms with E-state index in [-0.39, 0.29) is 104 Å². The topological polar surface area (TPSA) is 268 Å². The van der Waals surface area contributed by atoms with Gasteiger partial charge >= 0.3 is 65.1 Å². The molecular formula is C35H25N7Na2O10S2. The zero-order valence-corrected chi connectivity index (χ0v) is 35.2. The zero-order valence-electron chi connectivity index (χ0n) is 29.6. The van der Waals surface area contributed by atoms with E-state index in [1.165, 1.54) is 43.3 Å². The number of hydrogen-bond donors (Lipinski definition) is 5. The molecule has 3 aliphatic rings. The van der Waals surface area contributed by atoms with Crippen LogP contribution >= 0.6 is 0 Å². The molecule has 0 aliphatic heterocycles. The summed E-state index contributed by atoms with van der Waals surface area (Å²) in [5.41, 5.74) is 5.45. The van der Waals surface area contributed by atoms with Crippen molar-refractivity contribution in [3.8, 4) is 0 Å². The van der Waals surface area contributed by atoms with Crippen molar-refractivity contribution in [2.75, 3.05) is 21.5 Å². The number of para-hydroxylation sites is 1. The van der Waals surface area contributed by atoms with E-state index in [0.717, 1.165) is 24.3 Å². The van der Waals surface area contributed by atoms with E-state index in [4.69, 9.17) is 0 Å². The van der Waals surface area contributed by atoms with Crippen LogP contribution in [-0.2, 0) is 29.8 Å². The minimum Gasteiger partial charge on any atom is -0.744 e. The monoisotopic (exact) mass is 813 g/mol. The fourth-order valence-electron chi connectivity index (χ4n) is 5.30. The molecule has 0 spiro atoms. The Kier molecular flexibility index (Phi) is 14.1. The van der Waals surface area contributed by atoms with E-state index >= 15 is 0 Å². The maximum absolute atomic E-state index is 13.2. The van der Waals surface area contributed by atoms with Gasteiger partial charge in [0.1, 0.15) is 31.7 Å². The average molecular weight is 814 g/mol. The number of hydrogen-bond acceptors (Lipinski definition) is 14. The van der Waals surface area contributed by atoms with Gasteiger partial charge in [0, 0.05) is 41.2 Å². The van der Waals surface area contributed by atoms with Crippen LogP contribution in [0.5, 0.6) is 0 Å². The van der Waals surface area contributed by atoms with Gasteiger partial charge in [0.05, 0.1) is 21.2 Å². The number of Topliss-reactive ketones (excluding diaryl/α,β-unsaturated/α-hetero) is 1. The Balaban J connectivity index is 0.00000348. The summed E-state index contributed by atoms with van der Waals surface area (Å²) in [5.74, 6) is -1.79. The number of fused-ring (bicyclic) bond motifs is 2. The van der Waals surface area contributed by atoms with Crippen LogP contribution in [-0.4, -0.2) is 60.9 Å². The van der Waals surface area contributed by atoms with Crippen molar-refractivity contribution < 1.29 is 104 Å². The summed E-state index contributed by atoms with van der Waals surface area (Å²) in [6, 6.07) is 17.5.